The predicted octanol–water partition coefficient (Wildman–Crippen LogP) is 6.61. The molecule has 0 aliphatic carbocycles. The fourth-order valence-electron chi connectivity index (χ4n) is 2.44. The van der Waals surface area contributed by atoms with Crippen LogP contribution in [0.3, 0.4) is 0 Å². The second-order valence-electron chi connectivity index (χ2n) is 6.26. The van der Waals surface area contributed by atoms with Gasteiger partial charge in [0.2, 0.25) is 0 Å². The Morgan fingerprint density at radius 1 is 0.926 bits per heavy atom. The molecule has 27 heavy (non-hydrogen) atoms. The Kier molecular flexibility index (Phi) is 6.69. The van der Waals surface area contributed by atoms with E-state index in [0.29, 0.717) is 6.61 Å². The molecule has 3 aromatic rings. The first-order valence-electron chi connectivity index (χ1n) is 8.49. The molecule has 5 heteroatoms. The highest BCUT2D eigenvalue weighted by Crippen LogP contribution is 2.24. The van der Waals surface area contributed by atoms with Crippen molar-refractivity contribution in [3.8, 4) is 5.75 Å². The number of anilines is 1. The van der Waals surface area contributed by atoms with Gasteiger partial charge in [-0.2, -0.15) is 0 Å². The Labute approximate surface area is 177 Å². The first-order valence-corrected chi connectivity index (χ1v) is 10.1. The van der Waals surface area contributed by atoms with Crippen LogP contribution < -0.4 is 9.64 Å². The van der Waals surface area contributed by atoms with Crippen molar-refractivity contribution in [1.29, 1.82) is 0 Å². The van der Waals surface area contributed by atoms with Crippen LogP contribution in [0.25, 0.3) is 0 Å². The van der Waals surface area contributed by atoms with Gasteiger partial charge in [-0.15, -0.1) is 0 Å². The lowest BCUT2D eigenvalue weighted by Gasteiger charge is -2.11. The fourth-order valence-corrected chi connectivity index (χ4v) is 3.60. The van der Waals surface area contributed by atoms with Gasteiger partial charge in [0.25, 0.3) is 0 Å². The number of halogens is 2. The van der Waals surface area contributed by atoms with Gasteiger partial charge in [0.05, 0.1) is 5.69 Å². The number of rotatable bonds is 6. The van der Waals surface area contributed by atoms with E-state index in [0.717, 1.165) is 37.2 Å². The second kappa shape index (κ2) is 9.20. The number of benzene rings is 3. The lowest BCUT2D eigenvalue weighted by molar-refractivity contribution is 0.305. The van der Waals surface area contributed by atoms with Crippen molar-refractivity contribution in [2.24, 2.45) is 4.99 Å². The molecule has 0 bridgehead atoms. The zero-order chi connectivity index (χ0) is 19.2. The Bertz CT molecular complexity index is 920. The Balaban J connectivity index is 1.59. The highest BCUT2D eigenvalue weighted by atomic mass is 79.9. The number of hydrogen-bond acceptors (Lipinski definition) is 3. The first kappa shape index (κ1) is 19.6. The summed E-state index contributed by atoms with van der Waals surface area (Å²) >= 11 is 7.01. The molecule has 0 spiro atoms. The Morgan fingerprint density at radius 2 is 1.63 bits per heavy atom. The molecular formula is C22H20Br2N2O. The molecule has 0 aliphatic heterocycles. The van der Waals surface area contributed by atoms with Crippen molar-refractivity contribution in [3.05, 3.63) is 86.8 Å². The molecule has 0 heterocycles. The predicted molar refractivity (Wildman–Crippen MR) is 121 cm³/mol. The number of hydrogen-bond donors (Lipinski definition) is 0. The maximum atomic E-state index is 5.87. The molecule has 3 rings (SSSR count). The second-order valence-corrected chi connectivity index (χ2v) is 8.03. The molecule has 0 amide bonds. The minimum absolute atomic E-state index is 0.513. The van der Waals surface area contributed by atoms with Crippen LogP contribution in [0.2, 0.25) is 0 Å². The van der Waals surface area contributed by atoms with Crippen molar-refractivity contribution in [2.75, 3.05) is 19.0 Å². The van der Waals surface area contributed by atoms with Gasteiger partial charge in [0.15, 0.2) is 0 Å². The molecule has 3 nitrogen and oxygen atoms in total. The summed E-state index contributed by atoms with van der Waals surface area (Å²) in [7, 11) is 4.05. The van der Waals surface area contributed by atoms with E-state index in [1.165, 1.54) is 0 Å². The summed E-state index contributed by atoms with van der Waals surface area (Å²) in [4.78, 5) is 6.59. The van der Waals surface area contributed by atoms with E-state index in [9.17, 15) is 0 Å². The molecule has 0 saturated carbocycles. The van der Waals surface area contributed by atoms with Crippen molar-refractivity contribution in [2.45, 2.75) is 6.61 Å². The molecule has 0 N–H and O–H groups in total. The molecule has 0 unspecified atom stereocenters. The molecule has 0 atom stereocenters. The van der Waals surface area contributed by atoms with Crippen molar-refractivity contribution in [3.63, 3.8) is 0 Å². The number of ether oxygens (including phenoxy) is 1. The largest absolute Gasteiger partial charge is 0.489 e. The summed E-state index contributed by atoms with van der Waals surface area (Å²) in [6.07, 6.45) is 1.86. The van der Waals surface area contributed by atoms with Gasteiger partial charge < -0.3 is 9.64 Å². The van der Waals surface area contributed by atoms with Crippen molar-refractivity contribution >= 4 is 49.4 Å². The molecule has 138 valence electrons. The quantitative estimate of drug-likeness (QED) is 0.365. The average Bonchev–Trinajstić information content (AvgIpc) is 2.67. The summed E-state index contributed by atoms with van der Waals surface area (Å²) < 4.78 is 7.94. The highest BCUT2D eigenvalue weighted by Gasteiger charge is 2.02. The normalized spacial score (nSPS) is 11.0. The maximum absolute atomic E-state index is 5.87. The lowest BCUT2D eigenvalue weighted by Crippen LogP contribution is -2.07. The summed E-state index contributed by atoms with van der Waals surface area (Å²) in [6.45, 7) is 0.513. The van der Waals surface area contributed by atoms with E-state index in [4.69, 9.17) is 4.74 Å². The molecule has 0 aliphatic rings. The van der Waals surface area contributed by atoms with Gasteiger partial charge in [-0.3, -0.25) is 4.99 Å². The maximum Gasteiger partial charge on any atom is 0.119 e. The van der Waals surface area contributed by atoms with Crippen LogP contribution in [0.5, 0.6) is 5.75 Å². The van der Waals surface area contributed by atoms with E-state index in [1.54, 1.807) is 0 Å². The van der Waals surface area contributed by atoms with Gasteiger partial charge in [-0.1, -0.05) is 37.9 Å². The third-order valence-corrected chi connectivity index (χ3v) is 5.25. The molecule has 0 aromatic heterocycles. The van der Waals surface area contributed by atoms with Gasteiger partial charge in [0.1, 0.15) is 12.4 Å². The Hall–Kier alpha value is -2.11. The van der Waals surface area contributed by atoms with Gasteiger partial charge >= 0.3 is 0 Å². The van der Waals surface area contributed by atoms with Crippen molar-refractivity contribution in [1.82, 2.24) is 0 Å². The monoisotopic (exact) mass is 486 g/mol. The summed E-state index contributed by atoms with van der Waals surface area (Å²) in [5.74, 6) is 0.831. The zero-order valence-electron chi connectivity index (χ0n) is 15.2. The van der Waals surface area contributed by atoms with Crippen LogP contribution in [-0.4, -0.2) is 20.3 Å². The van der Waals surface area contributed by atoms with E-state index in [-0.39, 0.29) is 0 Å². The molecular weight excluding hydrogens is 468 g/mol. The summed E-state index contributed by atoms with van der Waals surface area (Å²) in [6, 6.07) is 22.1. The van der Waals surface area contributed by atoms with Crippen LogP contribution in [0.1, 0.15) is 11.1 Å². The zero-order valence-corrected chi connectivity index (χ0v) is 18.4. The van der Waals surface area contributed by atoms with E-state index in [2.05, 4.69) is 53.9 Å². The van der Waals surface area contributed by atoms with Gasteiger partial charge in [-0.25, -0.2) is 0 Å². The summed E-state index contributed by atoms with van der Waals surface area (Å²) in [5.41, 5.74) is 4.22. The Morgan fingerprint density at radius 3 is 2.26 bits per heavy atom. The third kappa shape index (κ3) is 5.68. The van der Waals surface area contributed by atoms with Crippen molar-refractivity contribution < 1.29 is 4.74 Å². The smallest absolute Gasteiger partial charge is 0.119 e. The molecule has 3 aromatic carbocycles. The van der Waals surface area contributed by atoms with Crippen LogP contribution in [-0.2, 0) is 6.61 Å². The van der Waals surface area contributed by atoms with Gasteiger partial charge in [-0.05, 0) is 66.2 Å². The van der Waals surface area contributed by atoms with Crippen LogP contribution in [0, 0.1) is 0 Å². The lowest BCUT2D eigenvalue weighted by atomic mass is 10.2. The van der Waals surface area contributed by atoms with Crippen LogP contribution in [0.15, 0.2) is 80.7 Å². The van der Waals surface area contributed by atoms with Crippen LogP contribution in [0.4, 0.5) is 11.4 Å². The standard InChI is InChI=1S/C22H20Br2N2O/c1-26(2)20-9-7-19(8-10-20)25-14-16-3-11-21(12-4-16)27-15-17-5-6-18(23)13-22(17)24/h3-14H,15H2,1-2H3. The SMILES string of the molecule is CN(C)c1ccc(N=Cc2ccc(OCc3ccc(Br)cc3Br)cc2)cc1. The molecule has 0 saturated heterocycles. The molecule has 0 fully saturated rings. The fraction of sp³-hybridized carbons (Fsp3) is 0.136. The number of aliphatic imine (C=N–C) groups is 1. The topological polar surface area (TPSA) is 24.8 Å². The third-order valence-electron chi connectivity index (χ3n) is 4.02. The van der Waals surface area contributed by atoms with E-state index < -0.39 is 0 Å². The molecule has 0 radical (unpaired) electrons. The highest BCUT2D eigenvalue weighted by molar-refractivity contribution is 9.11. The average molecular weight is 488 g/mol. The van der Waals surface area contributed by atoms with Gasteiger partial charge in [0, 0.05) is 40.5 Å². The first-order chi connectivity index (χ1) is 13.0. The van der Waals surface area contributed by atoms with E-state index in [1.807, 2.05) is 74.9 Å². The number of nitrogens with zero attached hydrogens (tertiary/aromatic N) is 2. The minimum Gasteiger partial charge on any atom is -0.489 e. The summed E-state index contributed by atoms with van der Waals surface area (Å²) in [5, 5.41) is 0. The van der Waals surface area contributed by atoms with E-state index >= 15 is 0 Å². The minimum atomic E-state index is 0.513. The van der Waals surface area contributed by atoms with Crippen LogP contribution >= 0.6 is 31.9 Å².